The number of carbonyl (C=O) groups is 3. The summed E-state index contributed by atoms with van der Waals surface area (Å²) in [5.41, 5.74) is -1.73. The number of rotatable bonds is 4. The second-order valence-electron chi connectivity index (χ2n) is 7.84. The maximum absolute atomic E-state index is 13.4. The molecule has 4 unspecified atom stereocenters. The predicted octanol–water partition coefficient (Wildman–Crippen LogP) is 1.03. The van der Waals surface area contributed by atoms with Gasteiger partial charge in [-0.05, 0) is 17.7 Å². The summed E-state index contributed by atoms with van der Waals surface area (Å²) in [5.74, 6) is -5.15. The minimum Gasteiger partial charge on any atom is -0.507 e. The summed E-state index contributed by atoms with van der Waals surface area (Å²) in [4.78, 5) is 54.0. The van der Waals surface area contributed by atoms with Crippen molar-refractivity contribution < 1.29 is 49.1 Å². The number of nitrogens with zero attached hydrogens (tertiary/aromatic N) is 1. The van der Waals surface area contributed by atoms with Gasteiger partial charge < -0.3 is 29.6 Å². The Morgan fingerprint density at radius 3 is 2.45 bits per heavy atom. The maximum Gasteiger partial charge on any atom is 0.336 e. The van der Waals surface area contributed by atoms with Gasteiger partial charge in [-0.25, -0.2) is 4.79 Å². The number of carboxylic acids is 1. The Balaban J connectivity index is 1.70. The van der Waals surface area contributed by atoms with E-state index < -0.39 is 69.5 Å². The molecule has 3 N–H and O–H groups in total. The van der Waals surface area contributed by atoms with Gasteiger partial charge in [-0.3, -0.25) is 9.59 Å². The molecule has 0 spiro atoms. The van der Waals surface area contributed by atoms with Crippen molar-refractivity contribution in [1.29, 1.82) is 0 Å². The number of carboxylic acid groups (broad SMARTS) is 1. The summed E-state index contributed by atoms with van der Waals surface area (Å²) < 4.78 is 11.2. The van der Waals surface area contributed by atoms with E-state index in [-0.39, 0.29) is 35.5 Å². The Morgan fingerprint density at radius 1 is 1.03 bits per heavy atom. The molecular weight excluding hydrogens is 442 g/mol. The first-order chi connectivity index (χ1) is 15.7. The van der Waals surface area contributed by atoms with Gasteiger partial charge in [0.2, 0.25) is 5.78 Å². The average Bonchev–Trinajstić information content (AvgIpc) is 3.34. The highest BCUT2D eigenvalue weighted by Gasteiger charge is 2.52. The lowest BCUT2D eigenvalue weighted by Gasteiger charge is -2.27. The van der Waals surface area contributed by atoms with E-state index in [1.807, 2.05) is 0 Å². The molecule has 2 aliphatic heterocycles. The molecule has 0 saturated carbocycles. The molecular formula is C21H15NO11. The van der Waals surface area contributed by atoms with E-state index in [0.717, 1.165) is 6.07 Å². The van der Waals surface area contributed by atoms with E-state index in [2.05, 4.69) is 4.84 Å². The zero-order valence-corrected chi connectivity index (χ0v) is 16.6. The third kappa shape index (κ3) is 2.95. The summed E-state index contributed by atoms with van der Waals surface area (Å²) in [6.07, 6.45) is -2.85. The van der Waals surface area contributed by atoms with Crippen LogP contribution in [0.4, 0.5) is 0 Å². The fourth-order valence-electron chi connectivity index (χ4n) is 4.85. The highest BCUT2D eigenvalue weighted by Crippen LogP contribution is 2.46. The zero-order chi connectivity index (χ0) is 23.6. The molecule has 170 valence electrons. The summed E-state index contributed by atoms with van der Waals surface area (Å²) in [5, 5.41) is 40.2. The predicted molar refractivity (Wildman–Crippen MR) is 104 cm³/mol. The van der Waals surface area contributed by atoms with Crippen LogP contribution in [0.3, 0.4) is 0 Å². The number of hydrogen-bond donors (Lipinski definition) is 3. The number of benzene rings is 2. The number of ketones is 2. The fraction of sp³-hybridized carbons (Fsp3) is 0.286. The van der Waals surface area contributed by atoms with Gasteiger partial charge in [0.1, 0.15) is 17.6 Å². The van der Waals surface area contributed by atoms with Crippen LogP contribution in [-0.2, 0) is 14.3 Å². The third-order valence-corrected chi connectivity index (χ3v) is 6.15. The summed E-state index contributed by atoms with van der Waals surface area (Å²) in [6, 6.07) is 4.75. The van der Waals surface area contributed by atoms with Gasteiger partial charge in [-0.2, -0.15) is 0 Å². The van der Waals surface area contributed by atoms with Crippen LogP contribution < -0.4 is 0 Å². The number of aromatic hydroxyl groups is 2. The van der Waals surface area contributed by atoms with Crippen LogP contribution in [0.15, 0.2) is 24.3 Å². The molecule has 3 aliphatic rings. The topological polar surface area (TPSA) is 183 Å². The van der Waals surface area contributed by atoms with Crippen molar-refractivity contribution in [2.45, 2.75) is 24.2 Å². The second kappa shape index (κ2) is 7.25. The van der Waals surface area contributed by atoms with Crippen molar-refractivity contribution in [2.75, 3.05) is 13.2 Å². The SMILES string of the molecule is O=C(O)c1cc(O)c2c(c1C1COC3C(O[N+](=O)[O-])COC13)C(=O)c1cccc(O)c1C2=O. The van der Waals surface area contributed by atoms with E-state index in [4.69, 9.17) is 9.47 Å². The van der Waals surface area contributed by atoms with E-state index in [1.54, 1.807) is 0 Å². The Kier molecular flexibility index (Phi) is 4.58. The minimum absolute atomic E-state index is 0.0862. The number of phenolic OH excluding ortho intramolecular Hbond substituents is 2. The third-order valence-electron chi connectivity index (χ3n) is 6.15. The van der Waals surface area contributed by atoms with E-state index in [0.29, 0.717) is 0 Å². The van der Waals surface area contributed by atoms with Crippen LogP contribution >= 0.6 is 0 Å². The molecule has 12 heteroatoms. The average molecular weight is 457 g/mol. The lowest BCUT2D eigenvalue weighted by Crippen LogP contribution is -2.33. The van der Waals surface area contributed by atoms with Crippen LogP contribution in [0, 0.1) is 10.1 Å². The lowest BCUT2D eigenvalue weighted by molar-refractivity contribution is -0.769. The fourth-order valence-corrected chi connectivity index (χ4v) is 4.85. The minimum atomic E-state index is -1.47. The molecule has 0 amide bonds. The van der Waals surface area contributed by atoms with Crippen molar-refractivity contribution in [2.24, 2.45) is 0 Å². The van der Waals surface area contributed by atoms with Gasteiger partial charge in [0.15, 0.2) is 11.9 Å². The van der Waals surface area contributed by atoms with Crippen molar-refractivity contribution in [1.82, 2.24) is 0 Å². The number of ether oxygens (including phenoxy) is 2. The number of carbonyl (C=O) groups excluding carboxylic acids is 2. The maximum atomic E-state index is 13.4. The summed E-state index contributed by atoms with van der Waals surface area (Å²) >= 11 is 0. The Labute approximate surface area is 184 Å². The van der Waals surface area contributed by atoms with Gasteiger partial charge in [-0.15, -0.1) is 10.1 Å². The van der Waals surface area contributed by atoms with Gasteiger partial charge in [0, 0.05) is 17.0 Å². The van der Waals surface area contributed by atoms with Crippen LogP contribution in [0.25, 0.3) is 0 Å². The van der Waals surface area contributed by atoms with Crippen LogP contribution in [0.1, 0.15) is 53.7 Å². The molecule has 33 heavy (non-hydrogen) atoms. The van der Waals surface area contributed by atoms with Gasteiger partial charge in [-0.1, -0.05) is 12.1 Å². The molecule has 1 aliphatic carbocycles. The highest BCUT2D eigenvalue weighted by atomic mass is 17.0. The second-order valence-corrected chi connectivity index (χ2v) is 7.84. The molecule has 0 bridgehead atoms. The summed E-state index contributed by atoms with van der Waals surface area (Å²) in [6.45, 7) is -0.363. The monoisotopic (exact) mass is 457 g/mol. The highest BCUT2D eigenvalue weighted by molar-refractivity contribution is 6.31. The first-order valence-electron chi connectivity index (χ1n) is 9.79. The van der Waals surface area contributed by atoms with E-state index in [1.165, 1.54) is 18.2 Å². The van der Waals surface area contributed by atoms with Crippen molar-refractivity contribution >= 4 is 17.5 Å². The normalized spacial score (nSPS) is 25.3. The Hall–Kier alpha value is -4.03. The quantitative estimate of drug-likeness (QED) is 0.376. The van der Waals surface area contributed by atoms with Crippen molar-refractivity contribution in [3.63, 3.8) is 0 Å². The van der Waals surface area contributed by atoms with Gasteiger partial charge in [0.25, 0.3) is 5.09 Å². The first-order valence-corrected chi connectivity index (χ1v) is 9.79. The number of fused-ring (bicyclic) bond motifs is 3. The van der Waals surface area contributed by atoms with E-state index >= 15 is 0 Å². The zero-order valence-electron chi connectivity index (χ0n) is 16.6. The van der Waals surface area contributed by atoms with E-state index in [9.17, 15) is 39.8 Å². The largest absolute Gasteiger partial charge is 0.507 e. The molecule has 2 saturated heterocycles. The standard InChI is InChI=1S/C21H15NO11/c23-10-3-1-2-7-14(10)18(26)15-11(24)4-8(21(27)28)13(16(15)17(7)25)9-5-31-20-12(33-22(29)30)6-32-19(9)20/h1-4,9,12,19-20,23-24H,5-6H2,(H,27,28). The van der Waals surface area contributed by atoms with Crippen molar-refractivity contribution in [3.05, 3.63) is 67.8 Å². The lowest BCUT2D eigenvalue weighted by atomic mass is 9.75. The molecule has 0 aromatic heterocycles. The van der Waals surface area contributed by atoms with Gasteiger partial charge in [0.05, 0.1) is 36.0 Å². The Morgan fingerprint density at radius 2 is 1.76 bits per heavy atom. The molecule has 12 nitrogen and oxygen atoms in total. The number of phenols is 2. The molecule has 2 aromatic carbocycles. The Bertz CT molecular complexity index is 1250. The first kappa shape index (κ1) is 20.8. The molecule has 4 atom stereocenters. The van der Waals surface area contributed by atoms with Crippen LogP contribution in [-0.4, -0.2) is 69.5 Å². The van der Waals surface area contributed by atoms with Gasteiger partial charge >= 0.3 is 5.97 Å². The number of hydrogen-bond acceptors (Lipinski definition) is 10. The van der Waals surface area contributed by atoms with Crippen LogP contribution in [0.2, 0.25) is 0 Å². The molecule has 5 rings (SSSR count). The summed E-state index contributed by atoms with van der Waals surface area (Å²) in [7, 11) is 0. The molecule has 2 aromatic rings. The van der Waals surface area contributed by atoms with Crippen molar-refractivity contribution in [3.8, 4) is 11.5 Å². The number of aromatic carboxylic acids is 1. The smallest absolute Gasteiger partial charge is 0.336 e. The molecule has 2 heterocycles. The molecule has 2 fully saturated rings. The molecule has 0 radical (unpaired) electrons. The van der Waals surface area contributed by atoms with Crippen LogP contribution in [0.5, 0.6) is 11.5 Å².